The van der Waals surface area contributed by atoms with Crippen molar-refractivity contribution in [3.05, 3.63) is 45.9 Å². The number of rotatable bonds is 3. The van der Waals surface area contributed by atoms with Crippen LogP contribution in [0.3, 0.4) is 0 Å². The molecule has 3 rings (SSSR count). The van der Waals surface area contributed by atoms with Gasteiger partial charge in [-0.05, 0) is 18.1 Å². The van der Waals surface area contributed by atoms with E-state index in [1.54, 1.807) is 12.1 Å². The van der Waals surface area contributed by atoms with E-state index in [4.69, 9.17) is 5.11 Å². The average molecular weight is 298 g/mol. The predicted octanol–water partition coefficient (Wildman–Crippen LogP) is 2.13. The van der Waals surface area contributed by atoms with Crippen molar-refractivity contribution in [1.82, 2.24) is 20.2 Å². The zero-order valence-corrected chi connectivity index (χ0v) is 12.0. The number of carboxylic acids is 1. The van der Waals surface area contributed by atoms with Crippen LogP contribution in [0.5, 0.6) is 0 Å². The highest BCUT2D eigenvalue weighted by Gasteiger charge is 2.15. The molecule has 0 fully saturated rings. The van der Waals surface area contributed by atoms with Crippen LogP contribution < -0.4 is 5.56 Å². The first kappa shape index (κ1) is 14.0. The van der Waals surface area contributed by atoms with Crippen LogP contribution in [0.2, 0.25) is 0 Å². The van der Waals surface area contributed by atoms with Crippen molar-refractivity contribution < 1.29 is 9.90 Å². The van der Waals surface area contributed by atoms with Gasteiger partial charge in [-0.3, -0.25) is 9.89 Å². The molecule has 0 saturated carbocycles. The largest absolute Gasteiger partial charge is 0.478 e. The van der Waals surface area contributed by atoms with Gasteiger partial charge in [0.1, 0.15) is 11.3 Å². The summed E-state index contributed by atoms with van der Waals surface area (Å²) in [5, 5.41) is 15.8. The molecule has 0 bridgehead atoms. The van der Waals surface area contributed by atoms with Crippen molar-refractivity contribution >= 4 is 17.0 Å². The van der Waals surface area contributed by atoms with Crippen LogP contribution in [0.1, 0.15) is 35.8 Å². The average Bonchev–Trinajstić information content (AvgIpc) is 2.92. The minimum Gasteiger partial charge on any atom is -0.478 e. The number of benzene rings is 1. The lowest BCUT2D eigenvalue weighted by Gasteiger charge is -2.04. The van der Waals surface area contributed by atoms with Crippen LogP contribution in [-0.2, 0) is 0 Å². The smallest absolute Gasteiger partial charge is 0.335 e. The molecule has 2 heterocycles. The van der Waals surface area contributed by atoms with Crippen LogP contribution in [0.4, 0.5) is 0 Å². The number of H-pyrrole nitrogens is 2. The Labute approximate surface area is 125 Å². The summed E-state index contributed by atoms with van der Waals surface area (Å²) in [6.07, 6.45) is 0. The molecule has 0 unspecified atom stereocenters. The van der Waals surface area contributed by atoms with Gasteiger partial charge in [0.25, 0.3) is 5.56 Å². The van der Waals surface area contributed by atoms with Crippen LogP contribution in [0, 0.1) is 0 Å². The molecule has 3 aromatic rings. The van der Waals surface area contributed by atoms with Crippen molar-refractivity contribution in [1.29, 1.82) is 0 Å². The maximum Gasteiger partial charge on any atom is 0.335 e. The van der Waals surface area contributed by atoms with Crippen molar-refractivity contribution in [2.45, 2.75) is 19.8 Å². The highest BCUT2D eigenvalue weighted by atomic mass is 16.4. The number of aromatic carboxylic acids is 1. The number of nitrogens with zero attached hydrogens (tertiary/aromatic N) is 2. The Kier molecular flexibility index (Phi) is 3.25. The maximum absolute atomic E-state index is 12.1. The van der Waals surface area contributed by atoms with Gasteiger partial charge < -0.3 is 10.1 Å². The first-order valence-corrected chi connectivity index (χ1v) is 6.79. The summed E-state index contributed by atoms with van der Waals surface area (Å²) in [5.74, 6) is -0.459. The van der Waals surface area contributed by atoms with Gasteiger partial charge in [0.2, 0.25) is 0 Å². The number of aromatic amines is 2. The molecule has 0 aliphatic heterocycles. The fourth-order valence-corrected chi connectivity index (χ4v) is 2.24. The second-order valence-corrected chi connectivity index (χ2v) is 5.29. The summed E-state index contributed by atoms with van der Waals surface area (Å²) in [6, 6.07) is 6.17. The molecular weight excluding hydrogens is 284 g/mol. The van der Waals surface area contributed by atoms with Gasteiger partial charge in [0, 0.05) is 5.56 Å². The minimum atomic E-state index is -1.000. The van der Waals surface area contributed by atoms with E-state index < -0.39 is 5.97 Å². The van der Waals surface area contributed by atoms with Crippen LogP contribution in [0.15, 0.2) is 29.1 Å². The Morgan fingerprint density at radius 3 is 2.45 bits per heavy atom. The summed E-state index contributed by atoms with van der Waals surface area (Å²) in [5.41, 5.74) is 2.10. The molecule has 0 amide bonds. The molecule has 1 aromatic carbocycles. The molecule has 2 aromatic heterocycles. The molecule has 22 heavy (non-hydrogen) atoms. The zero-order chi connectivity index (χ0) is 15.9. The van der Waals surface area contributed by atoms with Crippen LogP contribution in [-0.4, -0.2) is 31.2 Å². The summed E-state index contributed by atoms with van der Waals surface area (Å²) in [6.45, 7) is 3.97. The third-order valence-electron chi connectivity index (χ3n) is 3.42. The molecule has 7 heteroatoms. The van der Waals surface area contributed by atoms with Gasteiger partial charge in [-0.25, -0.2) is 9.78 Å². The van der Waals surface area contributed by atoms with Gasteiger partial charge >= 0.3 is 5.97 Å². The number of nitrogens with one attached hydrogen (secondary N) is 2. The fourth-order valence-electron chi connectivity index (χ4n) is 2.24. The highest BCUT2D eigenvalue weighted by Crippen LogP contribution is 2.22. The van der Waals surface area contributed by atoms with Gasteiger partial charge in [0.05, 0.1) is 11.3 Å². The lowest BCUT2D eigenvalue weighted by atomic mass is 10.1. The molecule has 0 aliphatic carbocycles. The third-order valence-corrected chi connectivity index (χ3v) is 3.42. The standard InChI is InChI=1S/C15H14N4O3/c1-7(2)10-11-12(19-18-10)14(20)17-13(16-11)8-3-5-9(6-4-8)15(21)22/h3-7H,1-2H3,(H,18,19)(H,21,22)(H,16,17,20). The minimum absolute atomic E-state index is 0.154. The summed E-state index contributed by atoms with van der Waals surface area (Å²) < 4.78 is 0. The monoisotopic (exact) mass is 298 g/mol. The lowest BCUT2D eigenvalue weighted by molar-refractivity contribution is 0.0697. The molecule has 0 spiro atoms. The van der Waals surface area contributed by atoms with E-state index in [2.05, 4.69) is 20.2 Å². The van der Waals surface area contributed by atoms with E-state index in [1.165, 1.54) is 12.1 Å². The SMILES string of the molecule is CC(C)c1[nH]nc2c(=O)[nH]c(-c3ccc(C(=O)O)cc3)nc12. The second kappa shape index (κ2) is 5.10. The topological polar surface area (TPSA) is 112 Å². The number of carboxylic acid groups (broad SMARTS) is 1. The fraction of sp³-hybridized carbons (Fsp3) is 0.200. The van der Waals surface area contributed by atoms with E-state index in [1.807, 2.05) is 13.8 Å². The first-order chi connectivity index (χ1) is 10.5. The third kappa shape index (κ3) is 2.26. The molecule has 112 valence electrons. The predicted molar refractivity (Wildman–Crippen MR) is 81.0 cm³/mol. The molecule has 0 saturated heterocycles. The highest BCUT2D eigenvalue weighted by molar-refractivity contribution is 5.88. The number of carbonyl (C=O) groups is 1. The molecular formula is C15H14N4O3. The van der Waals surface area contributed by atoms with Gasteiger partial charge in [0.15, 0.2) is 5.52 Å². The Hall–Kier alpha value is -2.96. The second-order valence-electron chi connectivity index (χ2n) is 5.29. The number of aromatic nitrogens is 4. The lowest BCUT2D eigenvalue weighted by Crippen LogP contribution is -2.10. The van der Waals surface area contributed by atoms with Crippen molar-refractivity contribution in [2.75, 3.05) is 0 Å². The number of hydrogen-bond acceptors (Lipinski definition) is 4. The van der Waals surface area contributed by atoms with E-state index >= 15 is 0 Å². The summed E-state index contributed by atoms with van der Waals surface area (Å²) >= 11 is 0. The van der Waals surface area contributed by atoms with Crippen LogP contribution in [0.25, 0.3) is 22.4 Å². The quantitative estimate of drug-likeness (QED) is 0.685. The van der Waals surface area contributed by atoms with E-state index in [0.29, 0.717) is 16.9 Å². The van der Waals surface area contributed by atoms with Crippen molar-refractivity contribution in [3.63, 3.8) is 0 Å². The first-order valence-electron chi connectivity index (χ1n) is 6.79. The Balaban J connectivity index is 2.16. The maximum atomic E-state index is 12.1. The summed E-state index contributed by atoms with van der Waals surface area (Å²) in [4.78, 5) is 30.1. The van der Waals surface area contributed by atoms with Crippen molar-refractivity contribution in [3.8, 4) is 11.4 Å². The molecule has 0 radical (unpaired) electrons. The van der Waals surface area contributed by atoms with Gasteiger partial charge in [-0.1, -0.05) is 26.0 Å². The van der Waals surface area contributed by atoms with Crippen molar-refractivity contribution in [2.24, 2.45) is 0 Å². The Morgan fingerprint density at radius 2 is 1.86 bits per heavy atom. The van der Waals surface area contributed by atoms with Gasteiger partial charge in [-0.15, -0.1) is 0 Å². The summed E-state index contributed by atoms with van der Waals surface area (Å²) in [7, 11) is 0. The zero-order valence-electron chi connectivity index (χ0n) is 12.0. The Bertz CT molecular complexity index is 907. The number of fused-ring (bicyclic) bond motifs is 1. The molecule has 7 nitrogen and oxygen atoms in total. The molecule has 0 atom stereocenters. The van der Waals surface area contributed by atoms with Crippen LogP contribution >= 0.6 is 0 Å². The molecule has 0 aliphatic rings. The Morgan fingerprint density at radius 1 is 1.18 bits per heavy atom. The molecule has 3 N–H and O–H groups in total. The van der Waals surface area contributed by atoms with E-state index in [-0.39, 0.29) is 22.6 Å². The van der Waals surface area contributed by atoms with E-state index in [9.17, 15) is 9.59 Å². The number of hydrogen-bond donors (Lipinski definition) is 3. The van der Waals surface area contributed by atoms with E-state index in [0.717, 1.165) is 5.69 Å². The normalized spacial score (nSPS) is 11.2. The van der Waals surface area contributed by atoms with Gasteiger partial charge in [-0.2, -0.15) is 5.10 Å².